The van der Waals surface area contributed by atoms with Crippen molar-refractivity contribution in [3.05, 3.63) is 51.1 Å². The van der Waals surface area contributed by atoms with Crippen molar-refractivity contribution >= 4 is 38.9 Å². The van der Waals surface area contributed by atoms with Crippen molar-refractivity contribution in [2.45, 2.75) is 19.0 Å². The minimum absolute atomic E-state index is 0.0324. The SMILES string of the molecule is CC(NCC(c1cccs1)N1CCOCC1)C(=O)Nc1cccc(Br)c1. The molecule has 2 aromatic rings. The van der Waals surface area contributed by atoms with Gasteiger partial charge in [0, 0.05) is 34.7 Å². The van der Waals surface area contributed by atoms with E-state index in [0.717, 1.165) is 43.0 Å². The van der Waals surface area contributed by atoms with Gasteiger partial charge in [-0.1, -0.05) is 28.1 Å². The van der Waals surface area contributed by atoms with Crippen molar-refractivity contribution in [1.82, 2.24) is 10.2 Å². The van der Waals surface area contributed by atoms with Gasteiger partial charge in [-0.25, -0.2) is 0 Å². The summed E-state index contributed by atoms with van der Waals surface area (Å²) in [5.74, 6) is -0.0324. The molecule has 1 fully saturated rings. The highest BCUT2D eigenvalue weighted by atomic mass is 79.9. The van der Waals surface area contributed by atoms with Gasteiger partial charge in [-0.05, 0) is 36.6 Å². The van der Waals surface area contributed by atoms with Gasteiger partial charge < -0.3 is 15.4 Å². The summed E-state index contributed by atoms with van der Waals surface area (Å²) in [5, 5.41) is 8.46. The van der Waals surface area contributed by atoms with Gasteiger partial charge in [0.2, 0.25) is 5.91 Å². The van der Waals surface area contributed by atoms with Crippen LogP contribution in [0.4, 0.5) is 5.69 Å². The van der Waals surface area contributed by atoms with Crippen molar-refractivity contribution in [3.63, 3.8) is 0 Å². The highest BCUT2D eigenvalue weighted by molar-refractivity contribution is 9.10. The van der Waals surface area contributed by atoms with E-state index in [4.69, 9.17) is 4.74 Å². The molecule has 3 rings (SSSR count). The third kappa shape index (κ3) is 5.37. The molecular weight excluding hydrogens is 414 g/mol. The average Bonchev–Trinajstić information content (AvgIpc) is 3.17. The molecule has 1 aromatic heterocycles. The minimum atomic E-state index is -0.280. The maximum Gasteiger partial charge on any atom is 0.241 e. The number of carbonyl (C=O) groups is 1. The standard InChI is InChI=1S/C19H24BrN3O2S/c1-14(19(24)22-16-5-2-4-15(20)12-16)21-13-17(18-6-3-11-26-18)23-7-9-25-10-8-23/h2-6,11-12,14,17,21H,7-10,13H2,1H3,(H,22,24). The van der Waals surface area contributed by atoms with E-state index in [0.29, 0.717) is 0 Å². The molecule has 2 atom stereocenters. The number of benzene rings is 1. The third-order valence-corrected chi connectivity index (χ3v) is 5.93. The lowest BCUT2D eigenvalue weighted by Crippen LogP contribution is -2.46. The molecule has 1 aliphatic rings. The lowest BCUT2D eigenvalue weighted by Gasteiger charge is -2.34. The summed E-state index contributed by atoms with van der Waals surface area (Å²) in [4.78, 5) is 16.2. The van der Waals surface area contributed by atoms with E-state index in [2.05, 4.69) is 49.0 Å². The van der Waals surface area contributed by atoms with Gasteiger partial charge in [-0.3, -0.25) is 9.69 Å². The van der Waals surface area contributed by atoms with E-state index in [1.54, 1.807) is 11.3 Å². The maximum atomic E-state index is 12.5. The first-order chi connectivity index (χ1) is 12.6. The number of nitrogens with one attached hydrogen (secondary N) is 2. The van der Waals surface area contributed by atoms with Crippen LogP contribution in [-0.4, -0.2) is 49.7 Å². The fourth-order valence-corrected chi connectivity index (χ4v) is 4.24. The molecule has 1 saturated heterocycles. The van der Waals surface area contributed by atoms with Gasteiger partial charge in [0.1, 0.15) is 0 Å². The zero-order valence-corrected chi connectivity index (χ0v) is 17.2. The Morgan fingerprint density at radius 3 is 2.81 bits per heavy atom. The van der Waals surface area contributed by atoms with Crippen LogP contribution in [0.25, 0.3) is 0 Å². The molecule has 2 unspecified atom stereocenters. The van der Waals surface area contributed by atoms with E-state index in [1.807, 2.05) is 31.2 Å². The average molecular weight is 438 g/mol. The number of hydrogen-bond acceptors (Lipinski definition) is 5. The first-order valence-electron chi connectivity index (χ1n) is 8.78. The number of amides is 1. The van der Waals surface area contributed by atoms with E-state index in [1.165, 1.54) is 4.88 Å². The Balaban J connectivity index is 1.58. The predicted molar refractivity (Wildman–Crippen MR) is 110 cm³/mol. The van der Waals surface area contributed by atoms with Gasteiger partial charge in [0.25, 0.3) is 0 Å². The van der Waals surface area contributed by atoms with Crippen LogP contribution < -0.4 is 10.6 Å². The topological polar surface area (TPSA) is 53.6 Å². The third-order valence-electron chi connectivity index (χ3n) is 4.46. The lowest BCUT2D eigenvalue weighted by molar-refractivity contribution is -0.117. The Bertz CT molecular complexity index is 705. The van der Waals surface area contributed by atoms with Gasteiger partial charge in [-0.2, -0.15) is 0 Å². The summed E-state index contributed by atoms with van der Waals surface area (Å²) in [6, 6.07) is 11.9. The van der Waals surface area contributed by atoms with Crippen LogP contribution in [-0.2, 0) is 9.53 Å². The molecular formula is C19H24BrN3O2S. The van der Waals surface area contributed by atoms with Crippen LogP contribution >= 0.6 is 27.3 Å². The number of carbonyl (C=O) groups excluding carboxylic acids is 1. The molecule has 0 saturated carbocycles. The number of nitrogens with zero attached hydrogens (tertiary/aromatic N) is 1. The second-order valence-electron chi connectivity index (χ2n) is 6.31. The van der Waals surface area contributed by atoms with Crippen molar-refractivity contribution in [1.29, 1.82) is 0 Å². The summed E-state index contributed by atoms with van der Waals surface area (Å²) in [5.41, 5.74) is 0.793. The van der Waals surface area contributed by atoms with Gasteiger partial charge in [0.15, 0.2) is 0 Å². The van der Waals surface area contributed by atoms with Crippen LogP contribution in [0.3, 0.4) is 0 Å². The highest BCUT2D eigenvalue weighted by Crippen LogP contribution is 2.25. The second kappa shape index (κ2) is 9.62. The van der Waals surface area contributed by atoms with Gasteiger partial charge >= 0.3 is 0 Å². The van der Waals surface area contributed by atoms with Crippen LogP contribution in [0.15, 0.2) is 46.3 Å². The molecule has 140 valence electrons. The summed E-state index contributed by atoms with van der Waals surface area (Å²) in [7, 11) is 0. The van der Waals surface area contributed by atoms with Crippen LogP contribution in [0.1, 0.15) is 17.8 Å². The number of thiophene rings is 1. The molecule has 0 aliphatic carbocycles. The van der Waals surface area contributed by atoms with E-state index < -0.39 is 0 Å². The number of halogens is 1. The molecule has 2 heterocycles. The summed E-state index contributed by atoms with van der Waals surface area (Å²) in [6.45, 7) is 6.00. The Morgan fingerprint density at radius 1 is 1.31 bits per heavy atom. The van der Waals surface area contributed by atoms with E-state index in [9.17, 15) is 4.79 Å². The van der Waals surface area contributed by atoms with Crippen molar-refractivity contribution < 1.29 is 9.53 Å². The zero-order valence-electron chi connectivity index (χ0n) is 14.8. The first-order valence-corrected chi connectivity index (χ1v) is 10.5. The van der Waals surface area contributed by atoms with Gasteiger partial charge in [0.05, 0.1) is 25.3 Å². The largest absolute Gasteiger partial charge is 0.379 e. The first kappa shape index (κ1) is 19.5. The number of hydrogen-bond donors (Lipinski definition) is 2. The molecule has 0 spiro atoms. The summed E-state index contributed by atoms with van der Waals surface area (Å²) in [6.07, 6.45) is 0. The monoisotopic (exact) mass is 437 g/mol. The van der Waals surface area contributed by atoms with Crippen molar-refractivity contribution in [3.8, 4) is 0 Å². The fourth-order valence-electron chi connectivity index (χ4n) is 2.98. The van der Waals surface area contributed by atoms with E-state index in [-0.39, 0.29) is 18.0 Å². The van der Waals surface area contributed by atoms with Crippen LogP contribution in [0.5, 0.6) is 0 Å². The maximum absolute atomic E-state index is 12.5. The molecule has 5 nitrogen and oxygen atoms in total. The number of anilines is 1. The minimum Gasteiger partial charge on any atom is -0.379 e. The molecule has 7 heteroatoms. The Kier molecular flexibility index (Phi) is 7.22. The number of morpholine rings is 1. The molecule has 26 heavy (non-hydrogen) atoms. The van der Waals surface area contributed by atoms with Crippen molar-refractivity contribution in [2.24, 2.45) is 0 Å². The molecule has 0 bridgehead atoms. The second-order valence-corrected chi connectivity index (χ2v) is 8.20. The van der Waals surface area contributed by atoms with Crippen LogP contribution in [0, 0.1) is 0 Å². The fraction of sp³-hybridized carbons (Fsp3) is 0.421. The number of ether oxygens (including phenoxy) is 1. The van der Waals surface area contributed by atoms with E-state index >= 15 is 0 Å². The Hall–Kier alpha value is -1.25. The predicted octanol–water partition coefficient (Wildman–Crippen LogP) is 3.50. The quantitative estimate of drug-likeness (QED) is 0.695. The van der Waals surface area contributed by atoms with Gasteiger partial charge in [-0.15, -0.1) is 11.3 Å². The Labute approximate surface area is 166 Å². The normalized spacial score (nSPS) is 17.6. The molecule has 1 aliphatic heterocycles. The highest BCUT2D eigenvalue weighted by Gasteiger charge is 2.24. The number of rotatable bonds is 7. The zero-order chi connectivity index (χ0) is 18.4. The van der Waals surface area contributed by atoms with Crippen LogP contribution in [0.2, 0.25) is 0 Å². The smallest absolute Gasteiger partial charge is 0.241 e. The molecule has 0 radical (unpaired) electrons. The van der Waals surface area contributed by atoms with Crippen molar-refractivity contribution in [2.75, 3.05) is 38.2 Å². The molecule has 1 amide bonds. The Morgan fingerprint density at radius 2 is 2.12 bits per heavy atom. The molecule has 2 N–H and O–H groups in total. The molecule has 1 aromatic carbocycles. The summed E-state index contributed by atoms with van der Waals surface area (Å²) >= 11 is 5.18. The lowest BCUT2D eigenvalue weighted by atomic mass is 10.1. The summed E-state index contributed by atoms with van der Waals surface area (Å²) < 4.78 is 6.43.